The molecule has 0 aliphatic carbocycles. The Balaban J connectivity index is 1.48. The fraction of sp³-hybridized carbons (Fsp3) is 0.143. The van der Waals surface area contributed by atoms with Gasteiger partial charge in [0.2, 0.25) is 5.82 Å². The van der Waals surface area contributed by atoms with Gasteiger partial charge in [-0.15, -0.1) is 0 Å². The highest BCUT2D eigenvalue weighted by atomic mass is 19.3. The first-order valence-corrected chi connectivity index (χ1v) is 8.76. The van der Waals surface area contributed by atoms with E-state index in [1.807, 2.05) is 37.3 Å². The number of pyridine rings is 1. The number of nitrogens with zero attached hydrogens (tertiary/aromatic N) is 3. The van der Waals surface area contributed by atoms with Crippen molar-refractivity contribution in [3.63, 3.8) is 0 Å². The topological polar surface area (TPSA) is 78.1 Å². The van der Waals surface area contributed by atoms with Crippen molar-refractivity contribution in [3.8, 4) is 11.4 Å². The average molecular weight is 395 g/mol. The molecule has 4 aromatic rings. The van der Waals surface area contributed by atoms with Gasteiger partial charge in [-0.3, -0.25) is 4.98 Å². The number of esters is 1. The molecule has 2 heterocycles. The second-order valence-electron chi connectivity index (χ2n) is 6.35. The number of fused-ring (bicyclic) bond motifs is 1. The monoisotopic (exact) mass is 395 g/mol. The summed E-state index contributed by atoms with van der Waals surface area (Å²) in [5.74, 6) is -1.22. The minimum atomic E-state index is -2.83. The number of para-hydroxylation sites is 1. The minimum Gasteiger partial charge on any atom is -0.457 e. The minimum absolute atomic E-state index is 0.0268. The number of hydrogen-bond donors (Lipinski definition) is 0. The SMILES string of the molecule is Cc1cc(COC(=O)c2ccc(-c3noc(C(F)F)n3)cc2)c2ccccc2n1. The summed E-state index contributed by atoms with van der Waals surface area (Å²) >= 11 is 0. The zero-order valence-electron chi connectivity index (χ0n) is 15.3. The van der Waals surface area contributed by atoms with E-state index in [4.69, 9.17) is 4.74 Å². The van der Waals surface area contributed by atoms with Crippen molar-refractivity contribution in [2.75, 3.05) is 0 Å². The molecule has 0 radical (unpaired) electrons. The maximum absolute atomic E-state index is 12.6. The van der Waals surface area contributed by atoms with E-state index < -0.39 is 18.3 Å². The van der Waals surface area contributed by atoms with E-state index in [-0.39, 0.29) is 12.4 Å². The van der Waals surface area contributed by atoms with Crippen molar-refractivity contribution in [3.05, 3.63) is 77.3 Å². The molecule has 0 aliphatic heterocycles. The number of alkyl halides is 2. The number of aromatic nitrogens is 3. The van der Waals surface area contributed by atoms with Gasteiger partial charge < -0.3 is 9.26 Å². The van der Waals surface area contributed by atoms with Crippen LogP contribution in [0.4, 0.5) is 8.78 Å². The standard InChI is InChI=1S/C21H15F2N3O3/c1-12-10-15(16-4-2-3-5-17(16)24-12)11-28-21(27)14-8-6-13(7-9-14)19-25-20(18(22)23)29-26-19/h2-10,18H,11H2,1H3. The Kier molecular flexibility index (Phi) is 4.99. The summed E-state index contributed by atoms with van der Waals surface area (Å²) in [6, 6.07) is 15.7. The normalized spacial score (nSPS) is 11.2. The molecule has 2 aromatic heterocycles. The van der Waals surface area contributed by atoms with Gasteiger partial charge in [0.25, 0.3) is 5.89 Å². The van der Waals surface area contributed by atoms with Crippen LogP contribution in [0, 0.1) is 6.92 Å². The fourth-order valence-corrected chi connectivity index (χ4v) is 2.94. The number of rotatable bonds is 5. The van der Waals surface area contributed by atoms with Crippen LogP contribution < -0.4 is 0 Å². The molecule has 29 heavy (non-hydrogen) atoms. The average Bonchev–Trinajstić information content (AvgIpc) is 3.22. The second-order valence-corrected chi connectivity index (χ2v) is 6.35. The highest BCUT2D eigenvalue weighted by Gasteiger charge is 2.17. The van der Waals surface area contributed by atoms with E-state index in [0.717, 1.165) is 22.2 Å². The van der Waals surface area contributed by atoms with Gasteiger partial charge in [0.05, 0.1) is 11.1 Å². The Morgan fingerprint density at radius 2 is 1.86 bits per heavy atom. The number of carbonyl (C=O) groups excluding carboxylic acids is 1. The van der Waals surface area contributed by atoms with Crippen molar-refractivity contribution < 1.29 is 22.8 Å². The Morgan fingerprint density at radius 1 is 1.10 bits per heavy atom. The first kappa shape index (κ1) is 18.7. The lowest BCUT2D eigenvalue weighted by Crippen LogP contribution is -2.06. The van der Waals surface area contributed by atoms with Gasteiger partial charge in [0, 0.05) is 22.2 Å². The summed E-state index contributed by atoms with van der Waals surface area (Å²) in [5, 5.41) is 4.43. The van der Waals surface area contributed by atoms with Gasteiger partial charge in [-0.05, 0) is 31.2 Å². The first-order chi connectivity index (χ1) is 14.0. The molecular formula is C21H15F2N3O3. The number of benzene rings is 2. The lowest BCUT2D eigenvalue weighted by Gasteiger charge is -2.09. The number of halogens is 2. The van der Waals surface area contributed by atoms with Crippen molar-refractivity contribution >= 4 is 16.9 Å². The van der Waals surface area contributed by atoms with E-state index in [9.17, 15) is 13.6 Å². The number of carbonyl (C=O) groups is 1. The van der Waals surface area contributed by atoms with Crippen LogP contribution >= 0.6 is 0 Å². The molecule has 0 saturated carbocycles. The summed E-state index contributed by atoms with van der Waals surface area (Å²) in [7, 11) is 0. The van der Waals surface area contributed by atoms with Gasteiger partial charge in [0.1, 0.15) is 6.61 Å². The lowest BCUT2D eigenvalue weighted by molar-refractivity contribution is 0.0474. The third kappa shape index (κ3) is 3.96. The van der Waals surface area contributed by atoms with E-state index in [0.29, 0.717) is 11.1 Å². The Labute approximate surface area is 164 Å². The van der Waals surface area contributed by atoms with Crippen molar-refractivity contribution in [1.29, 1.82) is 0 Å². The molecule has 0 amide bonds. The summed E-state index contributed by atoms with van der Waals surface area (Å²) in [4.78, 5) is 20.5. The van der Waals surface area contributed by atoms with Crippen LogP contribution in [-0.4, -0.2) is 21.1 Å². The fourth-order valence-electron chi connectivity index (χ4n) is 2.94. The van der Waals surface area contributed by atoms with Gasteiger partial charge in [0.15, 0.2) is 0 Å². The van der Waals surface area contributed by atoms with E-state index in [2.05, 4.69) is 19.6 Å². The van der Waals surface area contributed by atoms with E-state index >= 15 is 0 Å². The molecular weight excluding hydrogens is 380 g/mol. The third-order valence-electron chi connectivity index (χ3n) is 4.30. The quantitative estimate of drug-likeness (QED) is 0.448. The molecule has 8 heteroatoms. The van der Waals surface area contributed by atoms with E-state index in [1.54, 1.807) is 12.1 Å². The van der Waals surface area contributed by atoms with Gasteiger partial charge in [-0.25, -0.2) is 4.79 Å². The van der Waals surface area contributed by atoms with Crippen molar-refractivity contribution in [2.45, 2.75) is 20.0 Å². The molecule has 0 N–H and O–H groups in total. The molecule has 146 valence electrons. The predicted octanol–water partition coefficient (Wildman–Crippen LogP) is 4.89. The molecule has 2 aromatic carbocycles. The molecule has 0 fully saturated rings. The summed E-state index contributed by atoms with van der Waals surface area (Å²) < 4.78 is 35.0. The molecule has 0 spiro atoms. The van der Waals surface area contributed by atoms with Crippen LogP contribution in [0.15, 0.2) is 59.1 Å². The zero-order valence-corrected chi connectivity index (χ0v) is 15.3. The maximum Gasteiger partial charge on any atom is 0.338 e. The van der Waals surface area contributed by atoms with Crippen LogP contribution in [-0.2, 0) is 11.3 Å². The Morgan fingerprint density at radius 3 is 2.59 bits per heavy atom. The van der Waals surface area contributed by atoms with Crippen molar-refractivity contribution in [1.82, 2.24) is 15.1 Å². The number of ether oxygens (including phenoxy) is 1. The number of hydrogen-bond acceptors (Lipinski definition) is 6. The summed E-state index contributed by atoms with van der Waals surface area (Å²) in [6.45, 7) is 1.99. The summed E-state index contributed by atoms with van der Waals surface area (Å²) in [6.07, 6.45) is -2.83. The summed E-state index contributed by atoms with van der Waals surface area (Å²) in [5.41, 5.74) is 3.31. The van der Waals surface area contributed by atoms with Gasteiger partial charge in [-0.2, -0.15) is 13.8 Å². The van der Waals surface area contributed by atoms with Crippen LogP contribution in [0.5, 0.6) is 0 Å². The Bertz CT molecular complexity index is 1170. The molecule has 4 rings (SSSR count). The smallest absolute Gasteiger partial charge is 0.338 e. The zero-order chi connectivity index (χ0) is 20.4. The Hall–Kier alpha value is -3.68. The molecule has 0 atom stereocenters. The third-order valence-corrected chi connectivity index (χ3v) is 4.30. The molecule has 6 nitrogen and oxygen atoms in total. The lowest BCUT2D eigenvalue weighted by atomic mass is 10.1. The maximum atomic E-state index is 12.6. The molecule has 0 saturated heterocycles. The van der Waals surface area contributed by atoms with Crippen molar-refractivity contribution in [2.24, 2.45) is 0 Å². The van der Waals surface area contributed by atoms with Gasteiger partial charge >= 0.3 is 12.4 Å². The number of aryl methyl sites for hydroxylation is 1. The van der Waals surface area contributed by atoms with Crippen LogP contribution in [0.3, 0.4) is 0 Å². The van der Waals surface area contributed by atoms with Crippen LogP contribution in [0.1, 0.15) is 33.9 Å². The van der Waals surface area contributed by atoms with E-state index in [1.165, 1.54) is 12.1 Å². The largest absolute Gasteiger partial charge is 0.457 e. The first-order valence-electron chi connectivity index (χ1n) is 8.76. The highest BCUT2D eigenvalue weighted by Crippen LogP contribution is 2.23. The second kappa shape index (κ2) is 7.75. The van der Waals surface area contributed by atoms with Crippen LogP contribution in [0.25, 0.3) is 22.3 Å². The predicted molar refractivity (Wildman–Crippen MR) is 100 cm³/mol. The van der Waals surface area contributed by atoms with Crippen LogP contribution in [0.2, 0.25) is 0 Å². The highest BCUT2D eigenvalue weighted by molar-refractivity contribution is 5.90. The van der Waals surface area contributed by atoms with Gasteiger partial charge in [-0.1, -0.05) is 35.5 Å². The molecule has 0 bridgehead atoms. The molecule has 0 aliphatic rings. The molecule has 0 unspecified atom stereocenters.